The first-order valence-corrected chi connectivity index (χ1v) is 4.26. The summed E-state index contributed by atoms with van der Waals surface area (Å²) in [6, 6.07) is 0. The van der Waals surface area contributed by atoms with Crippen molar-refractivity contribution in [1.29, 1.82) is 0 Å². The van der Waals surface area contributed by atoms with Crippen LogP contribution >= 0.6 is 0 Å². The summed E-state index contributed by atoms with van der Waals surface area (Å²) in [7, 11) is 0. The van der Waals surface area contributed by atoms with Crippen molar-refractivity contribution >= 4 is 0 Å². The average Bonchev–Trinajstić information content (AvgIpc) is 1.97. The average molecular weight is 161 g/mol. The minimum atomic E-state index is -0.232. The fourth-order valence-corrected chi connectivity index (χ4v) is 0.827. The Morgan fingerprint density at radius 3 is 2.45 bits per heavy atom. The maximum absolute atomic E-state index is 8.98. The van der Waals surface area contributed by atoms with Gasteiger partial charge in [0.05, 0.1) is 12.7 Å². The van der Waals surface area contributed by atoms with Crippen molar-refractivity contribution in [1.82, 2.24) is 5.06 Å². The first-order chi connectivity index (χ1) is 5.20. The van der Waals surface area contributed by atoms with E-state index in [1.165, 1.54) is 0 Å². The molecule has 0 fully saturated rings. The normalized spacial score (nSPS) is 13.9. The first-order valence-electron chi connectivity index (χ1n) is 4.26. The van der Waals surface area contributed by atoms with Crippen LogP contribution in [0.1, 0.15) is 27.2 Å². The second-order valence-electron chi connectivity index (χ2n) is 2.58. The lowest BCUT2D eigenvalue weighted by Gasteiger charge is -2.19. The molecule has 11 heavy (non-hydrogen) atoms. The Balaban J connectivity index is 3.35. The van der Waals surface area contributed by atoms with Crippen LogP contribution in [0, 0.1) is 0 Å². The van der Waals surface area contributed by atoms with Crippen LogP contribution in [-0.4, -0.2) is 36.0 Å². The van der Waals surface area contributed by atoms with Crippen LogP contribution in [0.4, 0.5) is 0 Å². The van der Waals surface area contributed by atoms with E-state index < -0.39 is 0 Å². The third-order valence-corrected chi connectivity index (χ3v) is 1.46. The molecule has 0 saturated carbocycles. The van der Waals surface area contributed by atoms with Crippen LogP contribution in [-0.2, 0) is 4.84 Å². The molecule has 0 radical (unpaired) electrons. The van der Waals surface area contributed by atoms with E-state index in [0.717, 1.165) is 19.5 Å². The topological polar surface area (TPSA) is 32.7 Å². The lowest BCUT2D eigenvalue weighted by Crippen LogP contribution is -2.26. The van der Waals surface area contributed by atoms with Gasteiger partial charge in [0, 0.05) is 13.1 Å². The molecular formula is C8H19NO2. The Kier molecular flexibility index (Phi) is 6.51. The zero-order valence-electron chi connectivity index (χ0n) is 7.71. The van der Waals surface area contributed by atoms with E-state index >= 15 is 0 Å². The summed E-state index contributed by atoms with van der Waals surface area (Å²) in [6.07, 6.45) is 0.540. The molecular weight excluding hydrogens is 142 g/mol. The molecule has 68 valence electrons. The van der Waals surface area contributed by atoms with E-state index in [4.69, 9.17) is 9.94 Å². The highest BCUT2D eigenvalue weighted by atomic mass is 16.7. The van der Waals surface area contributed by atoms with E-state index in [1.807, 2.05) is 18.9 Å². The second-order valence-corrected chi connectivity index (χ2v) is 2.58. The summed E-state index contributed by atoms with van der Waals surface area (Å²) in [5.74, 6) is 0. The maximum atomic E-state index is 8.98. The first kappa shape index (κ1) is 10.9. The number of hydrogen-bond donors (Lipinski definition) is 1. The summed E-state index contributed by atoms with van der Waals surface area (Å²) in [4.78, 5) is 5.26. The zero-order chi connectivity index (χ0) is 8.69. The van der Waals surface area contributed by atoms with Crippen molar-refractivity contribution in [2.45, 2.75) is 33.3 Å². The fraction of sp³-hybridized carbons (Fsp3) is 1.00. The van der Waals surface area contributed by atoms with Gasteiger partial charge in [-0.25, -0.2) is 0 Å². The molecule has 0 aliphatic carbocycles. The van der Waals surface area contributed by atoms with E-state index in [9.17, 15) is 0 Å². The number of hydrogen-bond acceptors (Lipinski definition) is 3. The lowest BCUT2D eigenvalue weighted by molar-refractivity contribution is -0.154. The third-order valence-electron chi connectivity index (χ3n) is 1.46. The Bertz CT molecular complexity index is 86.2. The van der Waals surface area contributed by atoms with Gasteiger partial charge >= 0.3 is 0 Å². The molecule has 0 spiro atoms. The van der Waals surface area contributed by atoms with Crippen molar-refractivity contribution in [2.24, 2.45) is 0 Å². The van der Waals surface area contributed by atoms with Crippen molar-refractivity contribution < 1.29 is 9.94 Å². The molecule has 0 heterocycles. The van der Waals surface area contributed by atoms with Crippen LogP contribution in [0.15, 0.2) is 0 Å². The monoisotopic (exact) mass is 161 g/mol. The van der Waals surface area contributed by atoms with Crippen LogP contribution in [0.5, 0.6) is 0 Å². The molecule has 0 aliphatic heterocycles. The highest BCUT2D eigenvalue weighted by Crippen LogP contribution is 1.95. The summed E-state index contributed by atoms with van der Waals surface area (Å²) in [5, 5.41) is 10.9. The van der Waals surface area contributed by atoms with Gasteiger partial charge in [-0.3, -0.25) is 4.84 Å². The maximum Gasteiger partial charge on any atom is 0.0656 e. The number of rotatable bonds is 6. The molecule has 3 nitrogen and oxygen atoms in total. The van der Waals surface area contributed by atoms with Gasteiger partial charge in [0.1, 0.15) is 0 Å². The molecule has 0 aromatic heterocycles. The summed E-state index contributed by atoms with van der Waals surface area (Å²) in [6.45, 7) is 8.18. The van der Waals surface area contributed by atoms with Crippen molar-refractivity contribution in [3.05, 3.63) is 0 Å². The molecule has 0 rings (SSSR count). The van der Waals surface area contributed by atoms with Crippen LogP contribution in [0.3, 0.4) is 0 Å². The predicted molar refractivity (Wildman–Crippen MR) is 45.2 cm³/mol. The Labute approximate surface area is 68.9 Å². The van der Waals surface area contributed by atoms with Gasteiger partial charge in [0.25, 0.3) is 0 Å². The van der Waals surface area contributed by atoms with E-state index in [-0.39, 0.29) is 6.10 Å². The number of hydroxylamine groups is 2. The second kappa shape index (κ2) is 6.58. The predicted octanol–water partition coefficient (Wildman–Crippen LogP) is 1.03. The standard InChI is InChI=1S/C8H19NO2/c1-4-9(11-5-2)7-6-8(3)10/h8,10H,4-7H2,1-3H3. The number of nitrogens with zero attached hydrogens (tertiary/aromatic N) is 1. The molecule has 0 aromatic rings. The van der Waals surface area contributed by atoms with Gasteiger partial charge in [0.15, 0.2) is 0 Å². The zero-order valence-corrected chi connectivity index (χ0v) is 7.71. The minimum absolute atomic E-state index is 0.232. The molecule has 0 aliphatic rings. The van der Waals surface area contributed by atoms with Gasteiger partial charge in [-0.1, -0.05) is 6.92 Å². The molecule has 0 bridgehead atoms. The van der Waals surface area contributed by atoms with Crippen LogP contribution in [0.2, 0.25) is 0 Å². The molecule has 1 unspecified atom stereocenters. The summed E-state index contributed by atoms with van der Waals surface area (Å²) >= 11 is 0. The molecule has 1 atom stereocenters. The Morgan fingerprint density at radius 1 is 1.45 bits per heavy atom. The van der Waals surface area contributed by atoms with Crippen LogP contribution in [0.25, 0.3) is 0 Å². The van der Waals surface area contributed by atoms with E-state index in [1.54, 1.807) is 6.92 Å². The van der Waals surface area contributed by atoms with Gasteiger partial charge in [-0.15, -0.1) is 0 Å². The number of aliphatic hydroxyl groups excluding tert-OH is 1. The summed E-state index contributed by atoms with van der Waals surface area (Å²) < 4.78 is 0. The lowest BCUT2D eigenvalue weighted by atomic mass is 10.3. The Morgan fingerprint density at radius 2 is 2.09 bits per heavy atom. The van der Waals surface area contributed by atoms with Gasteiger partial charge < -0.3 is 5.11 Å². The van der Waals surface area contributed by atoms with Crippen molar-refractivity contribution in [2.75, 3.05) is 19.7 Å². The SMILES string of the molecule is CCON(CC)CCC(C)O. The van der Waals surface area contributed by atoms with Crippen molar-refractivity contribution in [3.63, 3.8) is 0 Å². The van der Waals surface area contributed by atoms with E-state index in [2.05, 4.69) is 0 Å². The van der Waals surface area contributed by atoms with Gasteiger partial charge in [-0.05, 0) is 20.3 Å². The third kappa shape index (κ3) is 6.28. The van der Waals surface area contributed by atoms with Crippen LogP contribution < -0.4 is 0 Å². The number of aliphatic hydroxyl groups is 1. The highest BCUT2D eigenvalue weighted by Gasteiger charge is 2.02. The van der Waals surface area contributed by atoms with Crippen molar-refractivity contribution in [3.8, 4) is 0 Å². The smallest absolute Gasteiger partial charge is 0.0656 e. The largest absolute Gasteiger partial charge is 0.393 e. The van der Waals surface area contributed by atoms with E-state index in [0.29, 0.717) is 6.61 Å². The van der Waals surface area contributed by atoms with Gasteiger partial charge in [0.2, 0.25) is 0 Å². The molecule has 0 amide bonds. The Hall–Kier alpha value is -0.120. The fourth-order valence-electron chi connectivity index (χ4n) is 0.827. The molecule has 1 N–H and O–H groups in total. The minimum Gasteiger partial charge on any atom is -0.393 e. The highest BCUT2D eigenvalue weighted by molar-refractivity contribution is 4.49. The van der Waals surface area contributed by atoms with Gasteiger partial charge in [-0.2, -0.15) is 5.06 Å². The summed E-state index contributed by atoms with van der Waals surface area (Å²) in [5.41, 5.74) is 0. The molecule has 0 saturated heterocycles. The molecule has 0 aromatic carbocycles. The molecule has 3 heteroatoms. The quantitative estimate of drug-likeness (QED) is 0.591.